The molecular weight excluding hydrogens is 267 g/mol. The van der Waals surface area contributed by atoms with Crippen LogP contribution in [-0.2, 0) is 6.61 Å². The highest BCUT2D eigenvalue weighted by Crippen LogP contribution is 2.28. The number of aryl methyl sites for hydroxylation is 1. The Morgan fingerprint density at radius 2 is 2.32 bits per heavy atom. The average molecular weight is 278 g/mol. The molecule has 0 aliphatic heterocycles. The zero-order chi connectivity index (χ0) is 13.4. The summed E-state index contributed by atoms with van der Waals surface area (Å²) in [6.07, 6.45) is 1.81. The summed E-state index contributed by atoms with van der Waals surface area (Å²) in [5.74, 6) is 0.338. The van der Waals surface area contributed by atoms with Gasteiger partial charge < -0.3 is 9.84 Å². The second kappa shape index (κ2) is 4.64. The number of fused-ring (bicyclic) bond motifs is 1. The lowest BCUT2D eigenvalue weighted by Gasteiger charge is -2.05. The van der Waals surface area contributed by atoms with Crippen molar-refractivity contribution in [3.63, 3.8) is 0 Å². The standard InChI is InChI=1S/C13H11FN2O2S/c1-8-2-3-9(6-10(8)14)18-12-11(7-17)16-4-5-19-13(16)15-12/h2-6,17H,7H2,1H3. The predicted octanol–water partition coefficient (Wildman–Crippen LogP) is 3.13. The molecule has 0 aliphatic rings. The smallest absolute Gasteiger partial charge is 0.244 e. The number of imidazole rings is 1. The van der Waals surface area contributed by atoms with Crippen LogP contribution in [0, 0.1) is 12.7 Å². The van der Waals surface area contributed by atoms with Crippen LogP contribution < -0.4 is 4.74 Å². The lowest BCUT2D eigenvalue weighted by molar-refractivity contribution is 0.269. The van der Waals surface area contributed by atoms with Crippen LogP contribution in [0.4, 0.5) is 4.39 Å². The van der Waals surface area contributed by atoms with E-state index in [2.05, 4.69) is 4.98 Å². The fourth-order valence-corrected chi connectivity index (χ4v) is 2.51. The molecule has 0 fully saturated rings. The first-order valence-corrected chi connectivity index (χ1v) is 6.56. The van der Waals surface area contributed by atoms with E-state index in [0.29, 0.717) is 22.9 Å². The molecule has 0 spiro atoms. The maximum Gasteiger partial charge on any atom is 0.244 e. The maximum atomic E-state index is 13.5. The van der Waals surface area contributed by atoms with Gasteiger partial charge in [-0.2, -0.15) is 4.98 Å². The summed E-state index contributed by atoms with van der Waals surface area (Å²) < 4.78 is 20.8. The lowest BCUT2D eigenvalue weighted by Crippen LogP contribution is -1.94. The number of aromatic nitrogens is 2. The quantitative estimate of drug-likeness (QED) is 0.800. The number of nitrogens with zero attached hydrogens (tertiary/aromatic N) is 2. The Morgan fingerprint density at radius 1 is 1.47 bits per heavy atom. The molecular formula is C13H11FN2O2S. The van der Waals surface area contributed by atoms with E-state index < -0.39 is 0 Å². The topological polar surface area (TPSA) is 46.8 Å². The summed E-state index contributed by atoms with van der Waals surface area (Å²) in [7, 11) is 0. The van der Waals surface area contributed by atoms with Gasteiger partial charge in [-0.3, -0.25) is 4.40 Å². The number of aliphatic hydroxyl groups excluding tert-OH is 1. The first-order chi connectivity index (χ1) is 9.19. The van der Waals surface area contributed by atoms with Crippen molar-refractivity contribution < 1.29 is 14.2 Å². The average Bonchev–Trinajstić information content (AvgIpc) is 2.94. The zero-order valence-electron chi connectivity index (χ0n) is 10.1. The first-order valence-electron chi connectivity index (χ1n) is 5.68. The van der Waals surface area contributed by atoms with Crippen LogP contribution in [0.15, 0.2) is 29.8 Å². The largest absolute Gasteiger partial charge is 0.437 e. The van der Waals surface area contributed by atoms with E-state index in [9.17, 15) is 9.50 Å². The SMILES string of the molecule is Cc1ccc(Oc2nc3sccn3c2CO)cc1F. The molecule has 1 aromatic carbocycles. The normalized spacial score (nSPS) is 11.1. The number of halogens is 1. The van der Waals surface area contributed by atoms with Gasteiger partial charge in [-0.1, -0.05) is 6.07 Å². The Balaban J connectivity index is 2.00. The molecule has 0 radical (unpaired) electrons. The molecule has 3 aromatic rings. The molecule has 0 saturated carbocycles. The third-order valence-corrected chi connectivity index (χ3v) is 3.59. The van der Waals surface area contributed by atoms with Gasteiger partial charge in [0.25, 0.3) is 0 Å². The number of thiazole rings is 1. The lowest BCUT2D eigenvalue weighted by atomic mass is 10.2. The number of ether oxygens (including phenoxy) is 1. The summed E-state index contributed by atoms with van der Waals surface area (Å²) >= 11 is 1.44. The van der Waals surface area contributed by atoms with E-state index in [1.165, 1.54) is 17.4 Å². The third kappa shape index (κ3) is 2.09. The second-order valence-electron chi connectivity index (χ2n) is 4.09. The van der Waals surface area contributed by atoms with E-state index in [-0.39, 0.29) is 12.4 Å². The van der Waals surface area contributed by atoms with Crippen molar-refractivity contribution in [1.82, 2.24) is 9.38 Å². The third-order valence-electron chi connectivity index (χ3n) is 2.83. The van der Waals surface area contributed by atoms with Crippen molar-refractivity contribution in [2.24, 2.45) is 0 Å². The summed E-state index contributed by atoms with van der Waals surface area (Å²) in [4.78, 5) is 5.00. The van der Waals surface area contributed by atoms with Crippen molar-refractivity contribution in [3.05, 3.63) is 46.9 Å². The molecule has 1 N–H and O–H groups in total. The molecule has 19 heavy (non-hydrogen) atoms. The second-order valence-corrected chi connectivity index (χ2v) is 4.96. The van der Waals surface area contributed by atoms with Gasteiger partial charge in [-0.05, 0) is 18.6 Å². The zero-order valence-corrected chi connectivity index (χ0v) is 10.9. The van der Waals surface area contributed by atoms with Crippen molar-refractivity contribution >= 4 is 16.3 Å². The molecule has 0 atom stereocenters. The van der Waals surface area contributed by atoms with E-state index in [4.69, 9.17) is 4.74 Å². The van der Waals surface area contributed by atoms with Crippen molar-refractivity contribution in [2.45, 2.75) is 13.5 Å². The highest BCUT2D eigenvalue weighted by atomic mass is 32.1. The fourth-order valence-electron chi connectivity index (χ4n) is 1.79. The Morgan fingerprint density at radius 3 is 3.05 bits per heavy atom. The Hall–Kier alpha value is -1.92. The molecule has 98 valence electrons. The summed E-state index contributed by atoms with van der Waals surface area (Å²) in [5, 5.41) is 11.3. The van der Waals surface area contributed by atoms with E-state index in [0.717, 1.165) is 4.96 Å². The van der Waals surface area contributed by atoms with Gasteiger partial charge >= 0.3 is 0 Å². The number of hydrogen-bond donors (Lipinski definition) is 1. The summed E-state index contributed by atoms with van der Waals surface area (Å²) in [6, 6.07) is 4.62. The van der Waals surface area contributed by atoms with Crippen LogP contribution >= 0.6 is 11.3 Å². The molecule has 2 heterocycles. The van der Waals surface area contributed by atoms with Gasteiger partial charge in [0.05, 0.1) is 6.61 Å². The van der Waals surface area contributed by atoms with Crippen LogP contribution in [0.1, 0.15) is 11.3 Å². The van der Waals surface area contributed by atoms with Gasteiger partial charge in [-0.15, -0.1) is 11.3 Å². The van der Waals surface area contributed by atoms with E-state index in [1.54, 1.807) is 29.7 Å². The fraction of sp³-hybridized carbons (Fsp3) is 0.154. The Labute approximate surface area is 112 Å². The Kier molecular flexibility index (Phi) is 2.96. The van der Waals surface area contributed by atoms with Crippen LogP contribution in [0.25, 0.3) is 4.96 Å². The summed E-state index contributed by atoms with van der Waals surface area (Å²) in [6.45, 7) is 1.49. The minimum Gasteiger partial charge on any atom is -0.437 e. The van der Waals surface area contributed by atoms with Gasteiger partial charge in [0.2, 0.25) is 5.88 Å². The number of benzene rings is 1. The minimum atomic E-state index is -0.330. The molecule has 0 amide bonds. The molecule has 0 aliphatic carbocycles. The van der Waals surface area contributed by atoms with Gasteiger partial charge in [0.1, 0.15) is 17.3 Å². The van der Waals surface area contributed by atoms with Crippen molar-refractivity contribution in [2.75, 3.05) is 0 Å². The first kappa shape index (κ1) is 12.1. The van der Waals surface area contributed by atoms with Crippen LogP contribution in [0.2, 0.25) is 0 Å². The Bertz CT molecular complexity index is 735. The van der Waals surface area contributed by atoms with Gasteiger partial charge in [0.15, 0.2) is 4.96 Å². The minimum absolute atomic E-state index is 0.193. The summed E-state index contributed by atoms with van der Waals surface area (Å²) in [5.41, 5.74) is 1.11. The highest BCUT2D eigenvalue weighted by molar-refractivity contribution is 7.15. The van der Waals surface area contributed by atoms with E-state index in [1.807, 2.05) is 5.38 Å². The molecule has 4 nitrogen and oxygen atoms in total. The van der Waals surface area contributed by atoms with Crippen LogP contribution in [-0.4, -0.2) is 14.5 Å². The predicted molar refractivity (Wildman–Crippen MR) is 70.2 cm³/mol. The van der Waals surface area contributed by atoms with Crippen LogP contribution in [0.5, 0.6) is 11.6 Å². The van der Waals surface area contributed by atoms with Gasteiger partial charge in [0, 0.05) is 17.6 Å². The molecule has 0 unspecified atom stereocenters. The van der Waals surface area contributed by atoms with Crippen LogP contribution in [0.3, 0.4) is 0 Å². The number of aliphatic hydroxyl groups is 1. The van der Waals surface area contributed by atoms with E-state index >= 15 is 0 Å². The van der Waals surface area contributed by atoms with Gasteiger partial charge in [-0.25, -0.2) is 4.39 Å². The molecule has 6 heteroatoms. The maximum absolute atomic E-state index is 13.5. The molecule has 0 saturated heterocycles. The monoisotopic (exact) mass is 278 g/mol. The highest BCUT2D eigenvalue weighted by Gasteiger charge is 2.14. The number of rotatable bonds is 3. The molecule has 0 bridgehead atoms. The van der Waals surface area contributed by atoms with Crippen molar-refractivity contribution in [1.29, 1.82) is 0 Å². The number of hydrogen-bond acceptors (Lipinski definition) is 4. The van der Waals surface area contributed by atoms with Crippen molar-refractivity contribution in [3.8, 4) is 11.6 Å². The molecule has 2 aromatic heterocycles. The molecule has 3 rings (SSSR count).